The number of aromatic nitrogens is 3. The Bertz CT molecular complexity index is 1710. The van der Waals surface area contributed by atoms with E-state index in [0.29, 0.717) is 42.6 Å². The van der Waals surface area contributed by atoms with Gasteiger partial charge in [0.25, 0.3) is 0 Å². The zero-order valence-corrected chi connectivity index (χ0v) is 26.5. The first-order valence-corrected chi connectivity index (χ1v) is 15.7. The van der Waals surface area contributed by atoms with Gasteiger partial charge >= 0.3 is 5.69 Å². The number of aryl methyl sites for hydroxylation is 1. The lowest BCUT2D eigenvalue weighted by atomic mass is 10.1. The van der Waals surface area contributed by atoms with Crippen molar-refractivity contribution < 1.29 is 14.2 Å². The molecule has 3 aromatic carbocycles. The van der Waals surface area contributed by atoms with Crippen molar-refractivity contribution in [2.75, 3.05) is 49.2 Å². The van der Waals surface area contributed by atoms with E-state index < -0.39 is 5.79 Å². The van der Waals surface area contributed by atoms with Gasteiger partial charge in [-0.2, -0.15) is 10.4 Å². The van der Waals surface area contributed by atoms with Crippen LogP contribution in [-0.2, 0) is 21.8 Å². The Balaban J connectivity index is 0.979. The summed E-state index contributed by atoms with van der Waals surface area (Å²) in [6.45, 7) is 6.57. The fraction of sp³-hybridized carbons (Fsp3) is 0.364. The largest absolute Gasteiger partial charge is 0.491 e. The standard InChI is InChI=1S/C33H34Cl2N6O4/c1-33(30-13-4-24(34)20-31(30)35)44-22-29(45-33)21-43-28-11-9-26(10-12-28)39-18-16-38(17-19-39)25-5-7-27(8-6-25)40-23-37-41(32(40)42)15-3-2-14-36/h4-13,20,23,29H,2-3,15-19,21-22H2,1H3/t29-,33-/m1/s1. The van der Waals surface area contributed by atoms with E-state index in [0.717, 1.165) is 54.6 Å². The number of unbranched alkanes of at least 4 members (excludes halogenated alkanes) is 1. The van der Waals surface area contributed by atoms with Gasteiger partial charge in [0.05, 0.1) is 23.4 Å². The van der Waals surface area contributed by atoms with Crippen molar-refractivity contribution in [3.05, 3.63) is 99.2 Å². The molecule has 1 aromatic heterocycles. The second-order valence-electron chi connectivity index (χ2n) is 11.2. The number of hydrogen-bond acceptors (Lipinski definition) is 8. The summed E-state index contributed by atoms with van der Waals surface area (Å²) in [5.74, 6) is -0.182. The van der Waals surface area contributed by atoms with Gasteiger partial charge in [0, 0.05) is 61.1 Å². The maximum atomic E-state index is 12.7. The molecular formula is C33H34Cl2N6O4. The molecule has 0 radical (unpaired) electrons. The number of piperazine rings is 1. The molecule has 2 atom stereocenters. The zero-order valence-electron chi connectivity index (χ0n) is 24.9. The Kier molecular flexibility index (Phi) is 9.33. The minimum atomic E-state index is -0.952. The third kappa shape index (κ3) is 6.97. The van der Waals surface area contributed by atoms with Crippen molar-refractivity contribution >= 4 is 34.6 Å². The van der Waals surface area contributed by atoms with Crippen LogP contribution in [0.5, 0.6) is 5.75 Å². The first kappa shape index (κ1) is 31.0. The van der Waals surface area contributed by atoms with Crippen molar-refractivity contribution in [2.24, 2.45) is 0 Å². The molecule has 234 valence electrons. The summed E-state index contributed by atoms with van der Waals surface area (Å²) in [6.07, 6.45) is 2.30. The number of nitriles is 1. The molecule has 0 bridgehead atoms. The highest BCUT2D eigenvalue weighted by Gasteiger charge is 2.40. The van der Waals surface area contributed by atoms with Crippen molar-refractivity contribution in [2.45, 2.75) is 38.2 Å². The van der Waals surface area contributed by atoms with Gasteiger partial charge in [-0.3, -0.25) is 0 Å². The van der Waals surface area contributed by atoms with Crippen molar-refractivity contribution in [1.29, 1.82) is 5.26 Å². The van der Waals surface area contributed by atoms with Crippen LogP contribution < -0.4 is 20.2 Å². The molecule has 0 unspecified atom stereocenters. The molecule has 2 fully saturated rings. The smallest absolute Gasteiger partial charge is 0.350 e. The zero-order chi connectivity index (χ0) is 31.4. The van der Waals surface area contributed by atoms with E-state index in [2.05, 4.69) is 33.1 Å². The van der Waals surface area contributed by atoms with Gasteiger partial charge in [0.15, 0.2) is 5.79 Å². The Labute approximate surface area is 271 Å². The number of benzene rings is 3. The monoisotopic (exact) mass is 648 g/mol. The molecule has 6 rings (SSSR count). The van der Waals surface area contributed by atoms with Gasteiger partial charge in [-0.15, -0.1) is 0 Å². The van der Waals surface area contributed by atoms with Crippen LogP contribution >= 0.6 is 23.2 Å². The van der Waals surface area contributed by atoms with E-state index in [1.807, 2.05) is 49.4 Å². The molecule has 0 N–H and O–H groups in total. The molecule has 0 amide bonds. The van der Waals surface area contributed by atoms with E-state index in [1.165, 1.54) is 15.6 Å². The quantitative estimate of drug-likeness (QED) is 0.204. The topological polar surface area (TPSA) is 97.8 Å². The average molecular weight is 650 g/mol. The number of ether oxygens (including phenoxy) is 3. The van der Waals surface area contributed by atoms with Crippen LogP contribution in [0, 0.1) is 11.3 Å². The Morgan fingerprint density at radius 2 is 1.62 bits per heavy atom. The number of hydrogen-bond donors (Lipinski definition) is 0. The summed E-state index contributed by atoms with van der Waals surface area (Å²) < 4.78 is 21.1. The van der Waals surface area contributed by atoms with Crippen LogP contribution in [-0.4, -0.2) is 59.8 Å². The molecule has 2 aliphatic rings. The molecule has 0 aliphatic carbocycles. The van der Waals surface area contributed by atoms with Gasteiger partial charge in [-0.1, -0.05) is 29.3 Å². The summed E-state index contributed by atoms with van der Waals surface area (Å²) in [5, 5.41) is 14.0. The number of anilines is 2. The summed E-state index contributed by atoms with van der Waals surface area (Å²) in [7, 11) is 0. The van der Waals surface area contributed by atoms with E-state index in [9.17, 15) is 4.79 Å². The highest BCUT2D eigenvalue weighted by molar-refractivity contribution is 6.35. The lowest BCUT2D eigenvalue weighted by molar-refractivity contribution is -0.164. The van der Waals surface area contributed by atoms with E-state index in [4.69, 9.17) is 42.7 Å². The van der Waals surface area contributed by atoms with Crippen LogP contribution in [0.2, 0.25) is 10.0 Å². The maximum Gasteiger partial charge on any atom is 0.350 e. The molecule has 2 saturated heterocycles. The summed E-state index contributed by atoms with van der Waals surface area (Å²) in [5.41, 5.74) is 3.57. The lowest BCUT2D eigenvalue weighted by Gasteiger charge is -2.37. The van der Waals surface area contributed by atoms with Gasteiger partial charge in [0.1, 0.15) is 24.8 Å². The molecule has 0 spiro atoms. The van der Waals surface area contributed by atoms with Crippen molar-refractivity contribution in [3.63, 3.8) is 0 Å². The average Bonchev–Trinajstić information content (AvgIpc) is 3.62. The van der Waals surface area contributed by atoms with Crippen LogP contribution in [0.3, 0.4) is 0 Å². The first-order valence-electron chi connectivity index (χ1n) is 14.9. The molecule has 45 heavy (non-hydrogen) atoms. The summed E-state index contributed by atoms with van der Waals surface area (Å²) >= 11 is 12.4. The fourth-order valence-electron chi connectivity index (χ4n) is 5.68. The van der Waals surface area contributed by atoms with Crippen LogP contribution in [0.4, 0.5) is 11.4 Å². The second-order valence-corrected chi connectivity index (χ2v) is 12.0. The SMILES string of the molecule is C[C@@]1(c2ccc(Cl)cc2Cl)OC[C@@H](COc2ccc(N3CCN(c4ccc(-n5cnn(CCCC#N)c5=O)cc4)CC3)cc2)O1. The van der Waals surface area contributed by atoms with Crippen LogP contribution in [0.15, 0.2) is 77.9 Å². The third-order valence-corrected chi connectivity index (χ3v) is 8.71. The minimum absolute atomic E-state index is 0.200. The highest BCUT2D eigenvalue weighted by Crippen LogP contribution is 2.38. The lowest BCUT2D eigenvalue weighted by Crippen LogP contribution is -2.46. The molecular weight excluding hydrogens is 615 g/mol. The predicted molar refractivity (Wildman–Crippen MR) is 174 cm³/mol. The second kappa shape index (κ2) is 13.5. The molecule has 12 heteroatoms. The number of rotatable bonds is 10. The van der Waals surface area contributed by atoms with Gasteiger partial charge < -0.3 is 24.0 Å². The first-order chi connectivity index (χ1) is 21.8. The van der Waals surface area contributed by atoms with Gasteiger partial charge in [0.2, 0.25) is 0 Å². The van der Waals surface area contributed by atoms with Crippen molar-refractivity contribution in [1.82, 2.24) is 14.3 Å². The minimum Gasteiger partial charge on any atom is -0.491 e. The predicted octanol–water partition coefficient (Wildman–Crippen LogP) is 5.64. The molecule has 0 saturated carbocycles. The van der Waals surface area contributed by atoms with E-state index in [1.54, 1.807) is 12.1 Å². The molecule has 3 heterocycles. The Hall–Kier alpha value is -4.01. The molecule has 10 nitrogen and oxygen atoms in total. The fourth-order valence-corrected chi connectivity index (χ4v) is 6.26. The Morgan fingerprint density at radius 1 is 0.978 bits per heavy atom. The highest BCUT2D eigenvalue weighted by atomic mass is 35.5. The molecule has 2 aliphatic heterocycles. The van der Waals surface area contributed by atoms with Gasteiger partial charge in [-0.05, 0) is 74.0 Å². The van der Waals surface area contributed by atoms with E-state index in [-0.39, 0.29) is 11.8 Å². The van der Waals surface area contributed by atoms with Crippen LogP contribution in [0.25, 0.3) is 5.69 Å². The van der Waals surface area contributed by atoms with Gasteiger partial charge in [-0.25, -0.2) is 14.0 Å². The van der Waals surface area contributed by atoms with Crippen molar-refractivity contribution in [3.8, 4) is 17.5 Å². The van der Waals surface area contributed by atoms with Crippen LogP contribution in [0.1, 0.15) is 25.3 Å². The number of halogens is 2. The Morgan fingerprint density at radius 3 is 2.27 bits per heavy atom. The summed E-state index contributed by atoms with van der Waals surface area (Å²) in [6, 6.07) is 23.5. The third-order valence-electron chi connectivity index (χ3n) is 8.16. The normalized spacial score (nSPS) is 19.9. The number of nitrogens with zero attached hydrogens (tertiary/aromatic N) is 6. The maximum absolute atomic E-state index is 12.7. The molecule has 4 aromatic rings. The van der Waals surface area contributed by atoms with E-state index >= 15 is 0 Å². The summed E-state index contributed by atoms with van der Waals surface area (Å²) in [4.78, 5) is 17.4.